The predicted octanol–water partition coefficient (Wildman–Crippen LogP) is 4.07. The van der Waals surface area contributed by atoms with E-state index in [4.69, 9.17) is 10.5 Å². The molecule has 4 N–H and O–H groups in total. The molecule has 25 heavy (non-hydrogen) atoms. The van der Waals surface area contributed by atoms with Crippen molar-refractivity contribution in [3.8, 4) is 5.75 Å². The lowest BCUT2D eigenvalue weighted by atomic mass is 10.1. The van der Waals surface area contributed by atoms with Crippen LogP contribution in [0.2, 0.25) is 0 Å². The van der Waals surface area contributed by atoms with E-state index >= 15 is 0 Å². The molecule has 0 aliphatic carbocycles. The number of nitrogens with one attached hydrogen (secondary N) is 2. The highest BCUT2D eigenvalue weighted by Crippen LogP contribution is 2.23. The smallest absolute Gasteiger partial charge is 0.193 e. The largest absolute Gasteiger partial charge is 0.495 e. The number of aromatic nitrogens is 1. The first-order valence-electron chi connectivity index (χ1n) is 7.95. The van der Waals surface area contributed by atoms with Crippen LogP contribution in [0.3, 0.4) is 0 Å². The Kier molecular flexibility index (Phi) is 6.69. The summed E-state index contributed by atoms with van der Waals surface area (Å²) in [5, 5.41) is 4.34. The van der Waals surface area contributed by atoms with Crippen LogP contribution in [0.25, 0.3) is 10.9 Å². The Hall–Kier alpha value is -2.22. The molecule has 3 rings (SSSR count). The van der Waals surface area contributed by atoms with Crippen molar-refractivity contribution in [3.63, 3.8) is 0 Å². The molecule has 0 amide bonds. The van der Waals surface area contributed by atoms with Crippen LogP contribution in [-0.4, -0.2) is 24.6 Å². The van der Waals surface area contributed by atoms with Gasteiger partial charge in [0.15, 0.2) is 5.96 Å². The van der Waals surface area contributed by atoms with Gasteiger partial charge in [-0.3, -0.25) is 4.99 Å². The van der Waals surface area contributed by atoms with Gasteiger partial charge < -0.3 is 20.8 Å². The fourth-order valence-corrected chi connectivity index (χ4v) is 2.87. The second-order valence-corrected chi connectivity index (χ2v) is 5.62. The zero-order chi connectivity index (χ0) is 16.9. The summed E-state index contributed by atoms with van der Waals surface area (Å²) in [5.74, 6) is 1.13. The number of benzene rings is 2. The average molecular weight is 450 g/mol. The summed E-state index contributed by atoms with van der Waals surface area (Å²) in [6.45, 7) is 2.71. The molecule has 0 aliphatic heterocycles. The Morgan fingerprint density at radius 1 is 1.16 bits per heavy atom. The molecule has 0 saturated heterocycles. The molecule has 132 valence electrons. The summed E-state index contributed by atoms with van der Waals surface area (Å²) in [6.07, 6.45) is 0.837. The summed E-state index contributed by atoms with van der Waals surface area (Å²) in [7, 11) is 1.63. The minimum absolute atomic E-state index is 0. The molecule has 0 aliphatic rings. The van der Waals surface area contributed by atoms with Gasteiger partial charge in [-0.05, 0) is 37.1 Å². The van der Waals surface area contributed by atoms with E-state index in [1.54, 1.807) is 7.11 Å². The van der Waals surface area contributed by atoms with Crippen molar-refractivity contribution in [2.45, 2.75) is 13.3 Å². The van der Waals surface area contributed by atoms with Gasteiger partial charge in [0.25, 0.3) is 0 Å². The summed E-state index contributed by atoms with van der Waals surface area (Å²) in [6, 6.07) is 15.9. The molecular formula is C19H23IN4O. The lowest BCUT2D eigenvalue weighted by molar-refractivity contribution is 0.417. The normalized spacial score (nSPS) is 11.2. The van der Waals surface area contributed by atoms with E-state index in [0.29, 0.717) is 12.5 Å². The van der Waals surface area contributed by atoms with Crippen LogP contribution in [0.5, 0.6) is 5.75 Å². The first-order valence-corrected chi connectivity index (χ1v) is 7.95. The molecule has 6 heteroatoms. The van der Waals surface area contributed by atoms with E-state index in [2.05, 4.69) is 40.4 Å². The Labute approximate surface area is 164 Å². The molecule has 0 saturated carbocycles. The number of guanidine groups is 1. The van der Waals surface area contributed by atoms with E-state index in [-0.39, 0.29) is 24.0 Å². The average Bonchev–Trinajstić information content (AvgIpc) is 2.91. The number of para-hydroxylation sites is 3. The summed E-state index contributed by atoms with van der Waals surface area (Å²) in [4.78, 5) is 7.84. The number of fused-ring (bicyclic) bond motifs is 1. The molecule has 5 nitrogen and oxygen atoms in total. The van der Waals surface area contributed by atoms with Gasteiger partial charge in [-0.15, -0.1) is 24.0 Å². The van der Waals surface area contributed by atoms with Crippen molar-refractivity contribution in [2.24, 2.45) is 10.7 Å². The third-order valence-electron chi connectivity index (χ3n) is 4.04. The van der Waals surface area contributed by atoms with Crippen molar-refractivity contribution < 1.29 is 4.74 Å². The van der Waals surface area contributed by atoms with E-state index in [1.165, 1.54) is 16.6 Å². The van der Waals surface area contributed by atoms with E-state index < -0.39 is 0 Å². The quantitative estimate of drug-likeness (QED) is 0.312. The SMILES string of the molecule is COc1ccccc1NC(N)=NCCc1c(C)[nH]c2ccccc12.I. The van der Waals surface area contributed by atoms with Gasteiger partial charge >= 0.3 is 0 Å². The van der Waals surface area contributed by atoms with Gasteiger partial charge in [0.1, 0.15) is 5.75 Å². The molecule has 1 heterocycles. The Bertz CT molecular complexity index is 873. The van der Waals surface area contributed by atoms with Crippen LogP contribution in [-0.2, 0) is 6.42 Å². The molecule has 3 aromatic rings. The number of aryl methyl sites for hydroxylation is 1. The Balaban J connectivity index is 0.00000225. The fraction of sp³-hybridized carbons (Fsp3) is 0.211. The van der Waals surface area contributed by atoms with Crippen LogP contribution in [0.4, 0.5) is 5.69 Å². The Morgan fingerprint density at radius 2 is 1.88 bits per heavy atom. The first kappa shape index (κ1) is 19.1. The maximum atomic E-state index is 5.99. The third kappa shape index (κ3) is 4.45. The number of rotatable bonds is 5. The number of aromatic amines is 1. The van der Waals surface area contributed by atoms with E-state index in [0.717, 1.165) is 23.4 Å². The van der Waals surface area contributed by atoms with Crippen LogP contribution in [0.1, 0.15) is 11.3 Å². The van der Waals surface area contributed by atoms with Crippen molar-refractivity contribution in [1.82, 2.24) is 4.98 Å². The summed E-state index contributed by atoms with van der Waals surface area (Å²) in [5.41, 5.74) is 10.4. The molecule has 0 radical (unpaired) electrons. The van der Waals surface area contributed by atoms with Crippen molar-refractivity contribution in [1.29, 1.82) is 0 Å². The van der Waals surface area contributed by atoms with Crippen LogP contribution in [0, 0.1) is 6.92 Å². The van der Waals surface area contributed by atoms with Gasteiger partial charge in [-0.2, -0.15) is 0 Å². The summed E-state index contributed by atoms with van der Waals surface area (Å²) < 4.78 is 5.30. The van der Waals surface area contributed by atoms with E-state index in [9.17, 15) is 0 Å². The van der Waals surface area contributed by atoms with Crippen molar-refractivity contribution >= 4 is 46.5 Å². The van der Waals surface area contributed by atoms with Gasteiger partial charge in [-0.25, -0.2) is 0 Å². The van der Waals surface area contributed by atoms with Gasteiger partial charge in [0.05, 0.1) is 12.8 Å². The minimum atomic E-state index is 0. The zero-order valence-corrected chi connectivity index (χ0v) is 16.7. The lowest BCUT2D eigenvalue weighted by Gasteiger charge is -2.10. The van der Waals surface area contributed by atoms with Crippen molar-refractivity contribution in [2.75, 3.05) is 19.0 Å². The molecule has 0 bridgehead atoms. The molecule has 0 atom stereocenters. The van der Waals surface area contributed by atoms with Gasteiger partial charge in [-0.1, -0.05) is 30.3 Å². The van der Waals surface area contributed by atoms with Crippen LogP contribution < -0.4 is 15.8 Å². The predicted molar refractivity (Wildman–Crippen MR) is 115 cm³/mol. The van der Waals surface area contributed by atoms with Gasteiger partial charge in [0, 0.05) is 23.1 Å². The number of anilines is 1. The highest BCUT2D eigenvalue weighted by atomic mass is 127. The number of nitrogens with two attached hydrogens (primary N) is 1. The van der Waals surface area contributed by atoms with E-state index in [1.807, 2.05) is 30.3 Å². The maximum absolute atomic E-state index is 5.99. The number of nitrogens with zero attached hydrogens (tertiary/aromatic N) is 1. The number of methoxy groups -OCH3 is 1. The molecular weight excluding hydrogens is 427 g/mol. The minimum Gasteiger partial charge on any atom is -0.495 e. The molecule has 1 aromatic heterocycles. The number of aliphatic imine (C=N–C) groups is 1. The number of halogens is 1. The highest BCUT2D eigenvalue weighted by Gasteiger charge is 2.07. The van der Waals surface area contributed by atoms with Gasteiger partial charge in [0.2, 0.25) is 0 Å². The molecule has 0 unspecified atom stereocenters. The number of hydrogen-bond donors (Lipinski definition) is 3. The van der Waals surface area contributed by atoms with Crippen molar-refractivity contribution in [3.05, 3.63) is 59.8 Å². The second-order valence-electron chi connectivity index (χ2n) is 5.62. The monoisotopic (exact) mass is 450 g/mol. The third-order valence-corrected chi connectivity index (χ3v) is 4.04. The summed E-state index contributed by atoms with van der Waals surface area (Å²) >= 11 is 0. The maximum Gasteiger partial charge on any atom is 0.193 e. The topological polar surface area (TPSA) is 75.4 Å². The number of H-pyrrole nitrogens is 1. The standard InChI is InChI=1S/C19H22N4O.HI/c1-13-14(15-7-3-4-8-16(15)22-13)11-12-21-19(20)23-17-9-5-6-10-18(17)24-2;/h3-10,22H,11-12H2,1-2H3,(H3,20,21,23);1H. The zero-order valence-electron chi connectivity index (χ0n) is 14.4. The molecule has 2 aromatic carbocycles. The first-order chi connectivity index (χ1) is 11.7. The fourth-order valence-electron chi connectivity index (χ4n) is 2.87. The number of ether oxygens (including phenoxy) is 1. The molecule has 0 spiro atoms. The lowest BCUT2D eigenvalue weighted by Crippen LogP contribution is -2.23. The van der Waals surface area contributed by atoms with Crippen LogP contribution in [0.15, 0.2) is 53.5 Å². The molecule has 0 fully saturated rings. The number of hydrogen-bond acceptors (Lipinski definition) is 2. The van der Waals surface area contributed by atoms with Crippen LogP contribution >= 0.6 is 24.0 Å². The second kappa shape index (κ2) is 8.75. The highest BCUT2D eigenvalue weighted by molar-refractivity contribution is 14.0. The Morgan fingerprint density at radius 3 is 2.68 bits per heavy atom.